The topological polar surface area (TPSA) is 52.6 Å². The maximum absolute atomic E-state index is 12.6. The highest BCUT2D eigenvalue weighted by Crippen LogP contribution is 2.30. The summed E-state index contributed by atoms with van der Waals surface area (Å²) in [6.45, 7) is 5.02. The highest BCUT2D eigenvalue weighted by molar-refractivity contribution is 6.14. The molecule has 1 atom stereocenters. The standard InChI is InChI=1S/C17H19F3O4/c1-4-23-15(21)14(16(22)24-5-2)10-11(3)12-6-8-13(9-7-12)17(18,19)20/h6-11H,4-5H2,1-3H3/t11-/m0/s1. The number of alkyl halides is 3. The molecule has 0 aliphatic heterocycles. The quantitative estimate of drug-likeness (QED) is 0.340. The van der Waals surface area contributed by atoms with E-state index >= 15 is 0 Å². The summed E-state index contributed by atoms with van der Waals surface area (Å²) >= 11 is 0. The first kappa shape index (κ1) is 19.7. The summed E-state index contributed by atoms with van der Waals surface area (Å²) in [5.74, 6) is -2.12. The van der Waals surface area contributed by atoms with Gasteiger partial charge in [0, 0.05) is 5.92 Å². The van der Waals surface area contributed by atoms with E-state index < -0.39 is 29.6 Å². The number of allylic oxidation sites excluding steroid dienone is 1. The minimum Gasteiger partial charge on any atom is -0.462 e. The van der Waals surface area contributed by atoms with E-state index in [0.29, 0.717) is 5.56 Å². The van der Waals surface area contributed by atoms with Gasteiger partial charge in [0.05, 0.1) is 18.8 Å². The molecule has 0 aliphatic carbocycles. The maximum Gasteiger partial charge on any atom is 0.416 e. The Kier molecular flexibility index (Phi) is 7.00. The van der Waals surface area contributed by atoms with E-state index in [4.69, 9.17) is 9.47 Å². The summed E-state index contributed by atoms with van der Waals surface area (Å²) in [5, 5.41) is 0. The predicted molar refractivity (Wildman–Crippen MR) is 81.2 cm³/mol. The molecule has 0 saturated heterocycles. The van der Waals surface area contributed by atoms with Crippen molar-refractivity contribution in [2.24, 2.45) is 0 Å². The van der Waals surface area contributed by atoms with Crippen LogP contribution in [0.5, 0.6) is 0 Å². The van der Waals surface area contributed by atoms with Crippen LogP contribution in [0.25, 0.3) is 0 Å². The minimum atomic E-state index is -4.42. The van der Waals surface area contributed by atoms with Gasteiger partial charge in [-0.2, -0.15) is 13.2 Å². The van der Waals surface area contributed by atoms with Crippen LogP contribution in [0.15, 0.2) is 35.9 Å². The van der Waals surface area contributed by atoms with Crippen LogP contribution in [0.2, 0.25) is 0 Å². The van der Waals surface area contributed by atoms with Gasteiger partial charge >= 0.3 is 18.1 Å². The average Bonchev–Trinajstić information content (AvgIpc) is 2.52. The molecule has 0 aromatic heterocycles. The first-order valence-electron chi connectivity index (χ1n) is 7.43. The first-order valence-corrected chi connectivity index (χ1v) is 7.43. The summed E-state index contributed by atoms with van der Waals surface area (Å²) in [5.41, 5.74) is -0.515. The van der Waals surface area contributed by atoms with Crippen molar-refractivity contribution in [1.82, 2.24) is 0 Å². The third-order valence-corrected chi connectivity index (χ3v) is 3.17. The van der Waals surface area contributed by atoms with E-state index in [9.17, 15) is 22.8 Å². The highest BCUT2D eigenvalue weighted by atomic mass is 19.4. The second kappa shape index (κ2) is 8.52. The van der Waals surface area contributed by atoms with E-state index in [1.165, 1.54) is 18.2 Å². The number of carbonyl (C=O) groups is 2. The fourth-order valence-electron chi connectivity index (χ4n) is 1.96. The smallest absolute Gasteiger partial charge is 0.416 e. The van der Waals surface area contributed by atoms with Crippen molar-refractivity contribution in [2.75, 3.05) is 13.2 Å². The molecule has 132 valence electrons. The number of esters is 2. The normalized spacial score (nSPS) is 12.2. The summed E-state index contributed by atoms with van der Waals surface area (Å²) in [6, 6.07) is 4.51. The highest BCUT2D eigenvalue weighted by Gasteiger charge is 2.30. The van der Waals surface area contributed by atoms with Gasteiger partial charge < -0.3 is 9.47 Å². The molecule has 4 nitrogen and oxygen atoms in total. The van der Waals surface area contributed by atoms with E-state index in [0.717, 1.165) is 12.1 Å². The lowest BCUT2D eigenvalue weighted by Gasteiger charge is -2.12. The first-order chi connectivity index (χ1) is 11.2. The Hall–Kier alpha value is -2.31. The monoisotopic (exact) mass is 344 g/mol. The van der Waals surface area contributed by atoms with Crippen LogP contribution in [0, 0.1) is 0 Å². The van der Waals surface area contributed by atoms with Crippen molar-refractivity contribution in [3.63, 3.8) is 0 Å². The van der Waals surface area contributed by atoms with Gasteiger partial charge in [0.15, 0.2) is 0 Å². The molecule has 1 rings (SSSR count). The molecule has 0 bridgehead atoms. The Labute approximate surface area is 138 Å². The minimum absolute atomic E-state index is 0.0875. The lowest BCUT2D eigenvalue weighted by atomic mass is 9.97. The van der Waals surface area contributed by atoms with E-state index in [-0.39, 0.29) is 18.8 Å². The number of hydrogen-bond acceptors (Lipinski definition) is 4. The molecular formula is C17H19F3O4. The second-order valence-corrected chi connectivity index (χ2v) is 4.93. The summed E-state index contributed by atoms with van der Waals surface area (Å²) < 4.78 is 47.4. The van der Waals surface area contributed by atoms with Gasteiger partial charge in [0.1, 0.15) is 5.57 Å². The number of benzene rings is 1. The van der Waals surface area contributed by atoms with Crippen LogP contribution in [-0.2, 0) is 25.2 Å². The van der Waals surface area contributed by atoms with E-state index in [2.05, 4.69) is 0 Å². The number of hydrogen-bond donors (Lipinski definition) is 0. The van der Waals surface area contributed by atoms with Crippen LogP contribution in [0.1, 0.15) is 37.8 Å². The van der Waals surface area contributed by atoms with Crippen LogP contribution in [0.3, 0.4) is 0 Å². The fraction of sp³-hybridized carbons (Fsp3) is 0.412. The molecule has 0 spiro atoms. The molecule has 0 N–H and O–H groups in total. The Morgan fingerprint density at radius 3 is 1.88 bits per heavy atom. The van der Waals surface area contributed by atoms with Gasteiger partial charge in [0.2, 0.25) is 0 Å². The van der Waals surface area contributed by atoms with Crippen LogP contribution >= 0.6 is 0 Å². The predicted octanol–water partition coefficient (Wildman–Crippen LogP) is 3.86. The van der Waals surface area contributed by atoms with E-state index in [1.807, 2.05) is 0 Å². The fourth-order valence-corrected chi connectivity index (χ4v) is 1.96. The van der Waals surface area contributed by atoms with Gasteiger partial charge in [-0.3, -0.25) is 0 Å². The molecule has 0 aliphatic rings. The number of ether oxygens (including phenoxy) is 2. The molecule has 24 heavy (non-hydrogen) atoms. The summed E-state index contributed by atoms with van der Waals surface area (Å²) in [6.07, 6.45) is -3.09. The molecule has 1 aromatic rings. The van der Waals surface area contributed by atoms with Crippen molar-refractivity contribution in [3.05, 3.63) is 47.0 Å². The van der Waals surface area contributed by atoms with Gasteiger partial charge in [-0.05, 0) is 31.5 Å². The van der Waals surface area contributed by atoms with Crippen molar-refractivity contribution >= 4 is 11.9 Å². The number of halogens is 3. The lowest BCUT2D eigenvalue weighted by molar-refractivity contribution is -0.146. The van der Waals surface area contributed by atoms with Gasteiger partial charge in [-0.1, -0.05) is 25.1 Å². The summed E-state index contributed by atoms with van der Waals surface area (Å²) in [4.78, 5) is 23.7. The van der Waals surface area contributed by atoms with Crippen molar-refractivity contribution in [1.29, 1.82) is 0 Å². The third kappa shape index (κ3) is 5.40. The zero-order chi connectivity index (χ0) is 18.3. The summed E-state index contributed by atoms with van der Waals surface area (Å²) in [7, 11) is 0. The zero-order valence-electron chi connectivity index (χ0n) is 13.6. The molecular weight excluding hydrogens is 325 g/mol. The van der Waals surface area contributed by atoms with Gasteiger partial charge in [-0.15, -0.1) is 0 Å². The molecule has 0 unspecified atom stereocenters. The molecule has 7 heteroatoms. The molecule has 0 heterocycles. The SMILES string of the molecule is CCOC(=O)C(=C[C@H](C)c1ccc(C(F)(F)F)cc1)C(=O)OCC. The van der Waals surface area contributed by atoms with Gasteiger partial charge in [0.25, 0.3) is 0 Å². The average molecular weight is 344 g/mol. The molecule has 0 saturated carbocycles. The van der Waals surface area contributed by atoms with Crippen molar-refractivity contribution in [3.8, 4) is 0 Å². The zero-order valence-corrected chi connectivity index (χ0v) is 13.6. The van der Waals surface area contributed by atoms with Crippen LogP contribution in [0.4, 0.5) is 13.2 Å². The molecule has 1 aromatic carbocycles. The molecule has 0 radical (unpaired) electrons. The maximum atomic E-state index is 12.6. The van der Waals surface area contributed by atoms with E-state index in [1.54, 1.807) is 20.8 Å². The molecule has 0 amide bonds. The van der Waals surface area contributed by atoms with Gasteiger partial charge in [-0.25, -0.2) is 9.59 Å². The number of carbonyl (C=O) groups excluding carboxylic acids is 2. The third-order valence-electron chi connectivity index (χ3n) is 3.17. The Morgan fingerprint density at radius 2 is 1.50 bits per heavy atom. The second-order valence-electron chi connectivity index (χ2n) is 4.93. The Bertz CT molecular complexity index is 583. The Balaban J connectivity index is 3.07. The number of rotatable bonds is 6. The largest absolute Gasteiger partial charge is 0.462 e. The van der Waals surface area contributed by atoms with Crippen LogP contribution < -0.4 is 0 Å². The Morgan fingerprint density at radius 1 is 1.04 bits per heavy atom. The van der Waals surface area contributed by atoms with Crippen LogP contribution in [-0.4, -0.2) is 25.2 Å². The molecule has 0 fully saturated rings. The van der Waals surface area contributed by atoms with Crippen molar-refractivity contribution < 1.29 is 32.2 Å². The van der Waals surface area contributed by atoms with Crippen molar-refractivity contribution in [2.45, 2.75) is 32.9 Å². The lowest BCUT2D eigenvalue weighted by Crippen LogP contribution is -2.19.